The first-order chi connectivity index (χ1) is 8.84. The lowest BCUT2D eigenvalue weighted by atomic mass is 10.5. The first-order valence-corrected chi connectivity index (χ1v) is 5.70. The average molecular weight is 243 g/mol. The molecule has 0 aromatic carbocycles. The van der Waals surface area contributed by atoms with Crippen LogP contribution in [0.3, 0.4) is 0 Å². The van der Waals surface area contributed by atoms with Gasteiger partial charge in [0.15, 0.2) is 5.82 Å². The maximum Gasteiger partial charge on any atom is 0.203 e. The highest BCUT2D eigenvalue weighted by Crippen LogP contribution is 2.11. The number of aromatic nitrogens is 6. The molecule has 0 atom stereocenters. The van der Waals surface area contributed by atoms with E-state index in [2.05, 4.69) is 25.5 Å². The van der Waals surface area contributed by atoms with Crippen molar-refractivity contribution in [3.63, 3.8) is 0 Å². The summed E-state index contributed by atoms with van der Waals surface area (Å²) in [7, 11) is 0. The standard InChI is InChI=1S/C11H13N7/c1-9-15-16-11-10(14-4-7-18(9)11)13-3-6-17-5-2-12-8-17/h2,4-5,7-8H,3,6H2,1H3,(H,13,14). The maximum absolute atomic E-state index is 4.28. The minimum atomic E-state index is 0.748. The number of nitrogens with zero attached hydrogens (tertiary/aromatic N) is 6. The Morgan fingerprint density at radius 1 is 1.22 bits per heavy atom. The number of anilines is 1. The van der Waals surface area contributed by atoms with Gasteiger partial charge in [-0.1, -0.05) is 0 Å². The van der Waals surface area contributed by atoms with Crippen LogP contribution in [0.2, 0.25) is 0 Å². The summed E-state index contributed by atoms with van der Waals surface area (Å²) in [5, 5.41) is 11.4. The van der Waals surface area contributed by atoms with Crippen LogP contribution in [0.5, 0.6) is 0 Å². The highest BCUT2D eigenvalue weighted by Gasteiger charge is 2.06. The Kier molecular flexibility index (Phi) is 2.64. The Hall–Kier alpha value is -2.44. The van der Waals surface area contributed by atoms with E-state index in [1.807, 2.05) is 28.3 Å². The predicted octanol–water partition coefficient (Wildman–Crippen LogP) is 0.741. The van der Waals surface area contributed by atoms with Crippen LogP contribution in [0.1, 0.15) is 5.82 Å². The van der Waals surface area contributed by atoms with Crippen molar-refractivity contribution < 1.29 is 0 Å². The molecular formula is C11H13N7. The van der Waals surface area contributed by atoms with Gasteiger partial charge in [-0.2, -0.15) is 0 Å². The van der Waals surface area contributed by atoms with E-state index in [0.717, 1.165) is 30.4 Å². The molecule has 0 aliphatic rings. The number of rotatable bonds is 4. The summed E-state index contributed by atoms with van der Waals surface area (Å²) in [4.78, 5) is 8.27. The van der Waals surface area contributed by atoms with Crippen LogP contribution in [0.25, 0.3) is 5.65 Å². The highest BCUT2D eigenvalue weighted by atomic mass is 15.3. The van der Waals surface area contributed by atoms with Crippen molar-refractivity contribution in [2.75, 3.05) is 11.9 Å². The van der Waals surface area contributed by atoms with Crippen molar-refractivity contribution in [2.45, 2.75) is 13.5 Å². The Morgan fingerprint density at radius 2 is 2.17 bits per heavy atom. The molecule has 0 amide bonds. The Morgan fingerprint density at radius 3 is 3.00 bits per heavy atom. The lowest BCUT2D eigenvalue weighted by Gasteiger charge is -2.06. The van der Waals surface area contributed by atoms with Crippen LogP contribution in [-0.4, -0.2) is 35.7 Å². The van der Waals surface area contributed by atoms with E-state index >= 15 is 0 Å². The summed E-state index contributed by atoms with van der Waals surface area (Å²) in [5.41, 5.74) is 0.751. The molecule has 92 valence electrons. The van der Waals surface area contributed by atoms with Gasteiger partial charge in [0.25, 0.3) is 0 Å². The van der Waals surface area contributed by atoms with Gasteiger partial charge in [-0.05, 0) is 6.92 Å². The van der Waals surface area contributed by atoms with Crippen LogP contribution >= 0.6 is 0 Å². The molecule has 0 aliphatic carbocycles. The van der Waals surface area contributed by atoms with Crippen molar-refractivity contribution in [1.82, 2.24) is 29.1 Å². The second-order valence-electron chi connectivity index (χ2n) is 3.94. The van der Waals surface area contributed by atoms with Gasteiger partial charge in [0.05, 0.1) is 6.33 Å². The molecular weight excluding hydrogens is 230 g/mol. The fraction of sp³-hybridized carbons (Fsp3) is 0.273. The highest BCUT2D eigenvalue weighted by molar-refractivity contribution is 5.61. The summed E-state index contributed by atoms with van der Waals surface area (Å²) >= 11 is 0. The molecule has 3 rings (SSSR count). The molecule has 7 nitrogen and oxygen atoms in total. The molecule has 0 bridgehead atoms. The second-order valence-corrected chi connectivity index (χ2v) is 3.94. The Labute approximate surface area is 104 Å². The van der Waals surface area contributed by atoms with Crippen LogP contribution in [0.15, 0.2) is 31.1 Å². The summed E-state index contributed by atoms with van der Waals surface area (Å²) in [6, 6.07) is 0. The number of hydrogen-bond acceptors (Lipinski definition) is 5. The van der Waals surface area contributed by atoms with Gasteiger partial charge in [0.1, 0.15) is 5.82 Å². The van der Waals surface area contributed by atoms with E-state index in [9.17, 15) is 0 Å². The number of nitrogens with one attached hydrogen (secondary N) is 1. The normalized spacial score (nSPS) is 10.9. The molecule has 0 radical (unpaired) electrons. The van der Waals surface area contributed by atoms with E-state index in [1.54, 1.807) is 18.7 Å². The van der Waals surface area contributed by atoms with Crippen LogP contribution in [0, 0.1) is 6.92 Å². The van der Waals surface area contributed by atoms with Gasteiger partial charge in [0, 0.05) is 37.9 Å². The molecule has 0 fully saturated rings. The smallest absolute Gasteiger partial charge is 0.203 e. The van der Waals surface area contributed by atoms with Gasteiger partial charge in [0.2, 0.25) is 5.65 Å². The molecule has 18 heavy (non-hydrogen) atoms. The third-order valence-corrected chi connectivity index (χ3v) is 2.72. The minimum absolute atomic E-state index is 0.748. The van der Waals surface area contributed by atoms with Crippen LogP contribution < -0.4 is 5.32 Å². The molecule has 0 saturated heterocycles. The molecule has 0 spiro atoms. The minimum Gasteiger partial charge on any atom is -0.365 e. The zero-order chi connectivity index (χ0) is 12.4. The van der Waals surface area contributed by atoms with E-state index in [0.29, 0.717) is 0 Å². The largest absolute Gasteiger partial charge is 0.365 e. The molecule has 0 unspecified atom stereocenters. The van der Waals surface area contributed by atoms with E-state index in [4.69, 9.17) is 0 Å². The second kappa shape index (κ2) is 4.44. The molecule has 7 heteroatoms. The van der Waals surface area contributed by atoms with Gasteiger partial charge < -0.3 is 9.88 Å². The van der Waals surface area contributed by atoms with Gasteiger partial charge in [-0.25, -0.2) is 9.97 Å². The first kappa shape index (κ1) is 10.7. The van der Waals surface area contributed by atoms with E-state index in [-0.39, 0.29) is 0 Å². The zero-order valence-electron chi connectivity index (χ0n) is 9.98. The molecule has 3 aromatic heterocycles. The van der Waals surface area contributed by atoms with Crippen molar-refractivity contribution in [3.8, 4) is 0 Å². The van der Waals surface area contributed by atoms with Crippen molar-refractivity contribution in [3.05, 3.63) is 36.9 Å². The number of aryl methyl sites for hydroxylation is 1. The summed E-state index contributed by atoms with van der Waals surface area (Å²) in [6.07, 6.45) is 9.07. The van der Waals surface area contributed by atoms with Crippen molar-refractivity contribution >= 4 is 11.5 Å². The lowest BCUT2D eigenvalue weighted by Crippen LogP contribution is -2.11. The average Bonchev–Trinajstić information content (AvgIpc) is 3.01. The van der Waals surface area contributed by atoms with E-state index < -0.39 is 0 Å². The molecule has 0 aliphatic heterocycles. The summed E-state index contributed by atoms with van der Waals surface area (Å²) in [6.45, 7) is 3.50. The quantitative estimate of drug-likeness (QED) is 0.731. The number of imidazole rings is 1. The van der Waals surface area contributed by atoms with E-state index in [1.165, 1.54) is 0 Å². The predicted molar refractivity (Wildman–Crippen MR) is 66.2 cm³/mol. The fourth-order valence-corrected chi connectivity index (χ4v) is 1.79. The SMILES string of the molecule is Cc1nnc2c(NCCn3ccnc3)nccn12. The van der Waals surface area contributed by atoms with Crippen LogP contribution in [-0.2, 0) is 6.54 Å². The number of fused-ring (bicyclic) bond motifs is 1. The molecule has 3 heterocycles. The molecule has 0 saturated carbocycles. The molecule has 1 N–H and O–H groups in total. The summed E-state index contributed by atoms with van der Waals surface area (Å²) < 4.78 is 3.91. The maximum atomic E-state index is 4.28. The van der Waals surface area contributed by atoms with Gasteiger partial charge in [-0.3, -0.25) is 4.40 Å². The third kappa shape index (κ3) is 1.90. The van der Waals surface area contributed by atoms with Crippen molar-refractivity contribution in [2.24, 2.45) is 0 Å². The topological polar surface area (TPSA) is 72.9 Å². The summed E-state index contributed by atoms with van der Waals surface area (Å²) in [5.74, 6) is 1.60. The molecule has 3 aromatic rings. The lowest BCUT2D eigenvalue weighted by molar-refractivity contribution is 0.725. The van der Waals surface area contributed by atoms with Gasteiger partial charge in [-0.15, -0.1) is 10.2 Å². The Balaban J connectivity index is 1.74. The first-order valence-electron chi connectivity index (χ1n) is 5.70. The van der Waals surface area contributed by atoms with Crippen molar-refractivity contribution in [1.29, 1.82) is 0 Å². The van der Waals surface area contributed by atoms with Gasteiger partial charge >= 0.3 is 0 Å². The third-order valence-electron chi connectivity index (χ3n) is 2.72. The zero-order valence-corrected chi connectivity index (χ0v) is 9.98. The van der Waals surface area contributed by atoms with Crippen LogP contribution in [0.4, 0.5) is 5.82 Å². The monoisotopic (exact) mass is 243 g/mol. The fourth-order valence-electron chi connectivity index (χ4n) is 1.79. The Bertz CT molecular complexity index is 641. The number of hydrogen-bond donors (Lipinski definition) is 1.